The Hall–Kier alpha value is -2.40. The Balaban J connectivity index is 1.23. The Labute approximate surface area is 160 Å². The van der Waals surface area contributed by atoms with E-state index in [1.807, 2.05) is 6.07 Å². The SMILES string of the molecule is NC(CCCCN1C(=O)C2CCCN2C1=O)Cc1ccc2ccccc2c1. The second-order valence-electron chi connectivity index (χ2n) is 7.77. The summed E-state index contributed by atoms with van der Waals surface area (Å²) >= 11 is 0. The smallest absolute Gasteiger partial charge is 0.327 e. The minimum absolute atomic E-state index is 0.00189. The lowest BCUT2D eigenvalue weighted by Gasteiger charge is -2.16. The van der Waals surface area contributed by atoms with Crippen molar-refractivity contribution >= 4 is 22.7 Å². The summed E-state index contributed by atoms with van der Waals surface area (Å²) in [5.41, 5.74) is 7.57. The summed E-state index contributed by atoms with van der Waals surface area (Å²) in [6.07, 6.45) is 5.26. The summed E-state index contributed by atoms with van der Waals surface area (Å²) in [5.74, 6) is -0.00189. The van der Waals surface area contributed by atoms with Crippen molar-refractivity contribution in [1.82, 2.24) is 9.80 Å². The maximum absolute atomic E-state index is 12.3. The molecule has 2 N–H and O–H groups in total. The van der Waals surface area contributed by atoms with E-state index in [0.717, 1.165) is 45.1 Å². The number of rotatable bonds is 7. The third-order valence-corrected chi connectivity index (χ3v) is 5.80. The number of carbonyl (C=O) groups excluding carboxylic acids is 2. The van der Waals surface area contributed by atoms with Gasteiger partial charge < -0.3 is 10.6 Å². The number of benzene rings is 2. The van der Waals surface area contributed by atoms with E-state index < -0.39 is 0 Å². The minimum atomic E-state index is -0.187. The van der Waals surface area contributed by atoms with Crippen molar-refractivity contribution in [3.63, 3.8) is 0 Å². The fourth-order valence-electron chi connectivity index (χ4n) is 4.33. The van der Waals surface area contributed by atoms with Crippen molar-refractivity contribution in [3.05, 3.63) is 48.0 Å². The van der Waals surface area contributed by atoms with Gasteiger partial charge in [0.2, 0.25) is 0 Å². The van der Waals surface area contributed by atoms with E-state index in [1.165, 1.54) is 21.2 Å². The molecular weight excluding hydrogens is 338 g/mol. The van der Waals surface area contributed by atoms with Crippen LogP contribution in [0.5, 0.6) is 0 Å². The van der Waals surface area contributed by atoms with E-state index in [-0.39, 0.29) is 24.0 Å². The highest BCUT2D eigenvalue weighted by atomic mass is 16.2. The maximum Gasteiger partial charge on any atom is 0.327 e. The van der Waals surface area contributed by atoms with E-state index in [0.29, 0.717) is 6.54 Å². The highest BCUT2D eigenvalue weighted by Crippen LogP contribution is 2.27. The highest BCUT2D eigenvalue weighted by Gasteiger charge is 2.46. The van der Waals surface area contributed by atoms with Gasteiger partial charge in [0.05, 0.1) is 0 Å². The average molecular weight is 365 g/mol. The second-order valence-corrected chi connectivity index (χ2v) is 7.77. The number of nitrogens with zero attached hydrogens (tertiary/aromatic N) is 2. The van der Waals surface area contributed by atoms with Crippen LogP contribution in [0.15, 0.2) is 42.5 Å². The molecule has 2 aromatic carbocycles. The highest BCUT2D eigenvalue weighted by molar-refractivity contribution is 6.04. The fourth-order valence-corrected chi connectivity index (χ4v) is 4.33. The first-order valence-corrected chi connectivity index (χ1v) is 9.99. The van der Waals surface area contributed by atoms with E-state index in [2.05, 4.69) is 36.4 Å². The molecule has 5 nitrogen and oxygen atoms in total. The molecule has 2 aliphatic heterocycles. The number of unbranched alkanes of at least 4 members (excludes halogenated alkanes) is 1. The molecule has 3 amide bonds. The first kappa shape index (κ1) is 18.0. The van der Waals surface area contributed by atoms with Gasteiger partial charge in [-0.2, -0.15) is 0 Å². The van der Waals surface area contributed by atoms with Crippen LogP contribution in [0, 0.1) is 0 Å². The van der Waals surface area contributed by atoms with Crippen LogP contribution in [0.25, 0.3) is 10.8 Å². The van der Waals surface area contributed by atoms with Gasteiger partial charge in [-0.05, 0) is 48.4 Å². The van der Waals surface area contributed by atoms with Crippen LogP contribution in [0.3, 0.4) is 0 Å². The zero-order chi connectivity index (χ0) is 18.8. The molecule has 4 rings (SSSR count). The predicted molar refractivity (Wildman–Crippen MR) is 106 cm³/mol. The Morgan fingerprint density at radius 3 is 2.70 bits per heavy atom. The number of hydrogen-bond donors (Lipinski definition) is 1. The summed E-state index contributed by atoms with van der Waals surface area (Å²) in [6.45, 7) is 1.25. The Morgan fingerprint density at radius 1 is 1.07 bits per heavy atom. The molecule has 0 saturated carbocycles. The van der Waals surface area contributed by atoms with Gasteiger partial charge in [-0.1, -0.05) is 48.9 Å². The van der Waals surface area contributed by atoms with Crippen molar-refractivity contribution < 1.29 is 9.59 Å². The van der Waals surface area contributed by atoms with Gasteiger partial charge in [-0.25, -0.2) is 4.79 Å². The number of fused-ring (bicyclic) bond motifs is 2. The molecule has 2 heterocycles. The lowest BCUT2D eigenvalue weighted by atomic mass is 9.99. The van der Waals surface area contributed by atoms with Gasteiger partial charge in [0, 0.05) is 19.1 Å². The van der Waals surface area contributed by atoms with E-state index >= 15 is 0 Å². The average Bonchev–Trinajstić information content (AvgIpc) is 3.24. The molecule has 27 heavy (non-hydrogen) atoms. The van der Waals surface area contributed by atoms with Gasteiger partial charge >= 0.3 is 6.03 Å². The normalized spacial score (nSPS) is 20.6. The summed E-state index contributed by atoms with van der Waals surface area (Å²) in [4.78, 5) is 27.8. The molecule has 2 saturated heterocycles. The number of imide groups is 1. The Morgan fingerprint density at radius 2 is 1.89 bits per heavy atom. The molecule has 2 unspecified atom stereocenters. The van der Waals surface area contributed by atoms with Crippen LogP contribution in [-0.4, -0.2) is 46.9 Å². The first-order valence-electron chi connectivity index (χ1n) is 9.99. The molecule has 0 radical (unpaired) electrons. The number of carbonyl (C=O) groups is 2. The molecule has 2 aliphatic rings. The molecule has 0 spiro atoms. The molecule has 2 aromatic rings. The monoisotopic (exact) mass is 365 g/mol. The predicted octanol–water partition coefficient (Wildman–Crippen LogP) is 3.31. The Bertz CT molecular complexity index is 828. The van der Waals surface area contributed by atoms with E-state index in [9.17, 15) is 9.59 Å². The van der Waals surface area contributed by atoms with Gasteiger partial charge in [0.15, 0.2) is 0 Å². The zero-order valence-corrected chi connectivity index (χ0v) is 15.6. The second kappa shape index (κ2) is 7.69. The minimum Gasteiger partial charge on any atom is -0.327 e. The molecule has 2 fully saturated rings. The number of hydrogen-bond acceptors (Lipinski definition) is 3. The van der Waals surface area contributed by atoms with Crippen LogP contribution >= 0.6 is 0 Å². The molecule has 142 valence electrons. The number of urea groups is 1. The van der Waals surface area contributed by atoms with Crippen LogP contribution in [0.4, 0.5) is 4.79 Å². The summed E-state index contributed by atoms with van der Waals surface area (Å²) < 4.78 is 0. The van der Waals surface area contributed by atoms with Crippen LogP contribution in [0.2, 0.25) is 0 Å². The van der Waals surface area contributed by atoms with Gasteiger partial charge in [0.25, 0.3) is 5.91 Å². The third-order valence-electron chi connectivity index (χ3n) is 5.80. The van der Waals surface area contributed by atoms with Gasteiger partial charge in [0.1, 0.15) is 6.04 Å². The molecule has 5 heteroatoms. The summed E-state index contributed by atoms with van der Waals surface area (Å²) in [7, 11) is 0. The topological polar surface area (TPSA) is 66.6 Å². The molecule has 0 aliphatic carbocycles. The number of nitrogens with two attached hydrogens (primary N) is 1. The van der Waals surface area contributed by atoms with Crippen LogP contribution < -0.4 is 5.73 Å². The fraction of sp³-hybridized carbons (Fsp3) is 0.455. The van der Waals surface area contributed by atoms with Crippen LogP contribution in [-0.2, 0) is 11.2 Å². The number of amides is 3. The first-order chi connectivity index (χ1) is 13.1. The molecule has 2 atom stereocenters. The third kappa shape index (κ3) is 3.69. The van der Waals surface area contributed by atoms with Crippen molar-refractivity contribution in [2.45, 2.75) is 50.6 Å². The Kier molecular flexibility index (Phi) is 5.12. The molecule has 0 bridgehead atoms. The molecular formula is C22H27N3O2. The van der Waals surface area contributed by atoms with E-state index in [4.69, 9.17) is 5.73 Å². The summed E-state index contributed by atoms with van der Waals surface area (Å²) in [6, 6.07) is 14.7. The van der Waals surface area contributed by atoms with Gasteiger partial charge in [-0.15, -0.1) is 0 Å². The van der Waals surface area contributed by atoms with E-state index in [1.54, 1.807) is 4.90 Å². The van der Waals surface area contributed by atoms with Crippen molar-refractivity contribution in [1.29, 1.82) is 0 Å². The van der Waals surface area contributed by atoms with Crippen molar-refractivity contribution in [2.24, 2.45) is 5.73 Å². The lowest BCUT2D eigenvalue weighted by Crippen LogP contribution is -2.34. The standard InChI is InChI=1S/C22H27N3O2/c23-19(15-16-10-11-17-6-1-2-7-18(17)14-16)8-3-4-12-25-21(26)20-9-5-13-24(20)22(25)27/h1-2,6-7,10-11,14,19-20H,3-5,8-9,12-13,15,23H2. The van der Waals surface area contributed by atoms with Gasteiger partial charge in [-0.3, -0.25) is 9.69 Å². The quantitative estimate of drug-likeness (QED) is 0.605. The zero-order valence-electron chi connectivity index (χ0n) is 15.6. The maximum atomic E-state index is 12.3. The van der Waals surface area contributed by atoms with Crippen molar-refractivity contribution in [2.75, 3.05) is 13.1 Å². The lowest BCUT2D eigenvalue weighted by molar-refractivity contribution is -0.128. The van der Waals surface area contributed by atoms with Crippen molar-refractivity contribution in [3.8, 4) is 0 Å². The van der Waals surface area contributed by atoms with Crippen LogP contribution in [0.1, 0.15) is 37.7 Å². The molecule has 0 aromatic heterocycles. The largest absolute Gasteiger partial charge is 0.327 e. The summed E-state index contributed by atoms with van der Waals surface area (Å²) in [5, 5.41) is 2.49.